The van der Waals surface area contributed by atoms with E-state index in [4.69, 9.17) is 0 Å². The summed E-state index contributed by atoms with van der Waals surface area (Å²) in [7, 11) is 0. The second-order valence-corrected chi connectivity index (χ2v) is 4.57. The molecule has 1 aromatic heterocycles. The number of carbonyl (C=O) groups is 1. The van der Waals surface area contributed by atoms with Crippen molar-refractivity contribution in [3.05, 3.63) is 59.2 Å². The van der Waals surface area contributed by atoms with Crippen LogP contribution < -0.4 is 0 Å². The van der Waals surface area contributed by atoms with Crippen LogP contribution in [0.5, 0.6) is 0 Å². The summed E-state index contributed by atoms with van der Waals surface area (Å²) in [4.78, 5) is 21.7. The van der Waals surface area contributed by atoms with Crippen LogP contribution in [0, 0.1) is 11.6 Å². The summed E-state index contributed by atoms with van der Waals surface area (Å²) in [5.74, 6) is -2.33. The second kappa shape index (κ2) is 4.96. The van der Waals surface area contributed by atoms with E-state index in [1.807, 2.05) is 0 Å². The molecule has 2 heterocycles. The van der Waals surface area contributed by atoms with Gasteiger partial charge in [0.2, 0.25) is 0 Å². The number of hydrogen-bond acceptors (Lipinski definition) is 3. The summed E-state index contributed by atoms with van der Waals surface area (Å²) in [5.41, 5.74) is 1.18. The average molecular weight is 275 g/mol. The number of halogens is 2. The number of hydrogen-bond donors (Lipinski definition) is 0. The minimum Gasteiger partial charge on any atom is -0.334 e. The van der Waals surface area contributed by atoms with Gasteiger partial charge in [-0.1, -0.05) is 6.07 Å². The van der Waals surface area contributed by atoms with E-state index in [9.17, 15) is 13.6 Å². The Morgan fingerprint density at radius 3 is 2.75 bits per heavy atom. The van der Waals surface area contributed by atoms with Gasteiger partial charge in [0, 0.05) is 31.3 Å². The molecule has 1 aliphatic rings. The Labute approximate surface area is 114 Å². The fourth-order valence-electron chi connectivity index (χ4n) is 2.30. The molecule has 6 heteroatoms. The Kier molecular flexibility index (Phi) is 3.14. The predicted molar refractivity (Wildman–Crippen MR) is 66.8 cm³/mol. The smallest absolute Gasteiger partial charge is 0.260 e. The van der Waals surface area contributed by atoms with Crippen LogP contribution in [0.3, 0.4) is 0 Å². The van der Waals surface area contributed by atoms with Crippen molar-refractivity contribution >= 4 is 5.91 Å². The van der Waals surface area contributed by atoms with E-state index in [1.54, 1.807) is 6.20 Å². The number of carbonyl (C=O) groups excluding carboxylic acids is 1. The summed E-state index contributed by atoms with van der Waals surface area (Å²) in [6.45, 7) is 0.652. The van der Waals surface area contributed by atoms with Crippen molar-refractivity contribution in [1.29, 1.82) is 0 Å². The molecule has 0 spiro atoms. The molecule has 0 unspecified atom stereocenters. The van der Waals surface area contributed by atoms with E-state index in [0.29, 0.717) is 13.0 Å². The van der Waals surface area contributed by atoms with Gasteiger partial charge in [-0.2, -0.15) is 0 Å². The first-order valence-corrected chi connectivity index (χ1v) is 6.18. The van der Waals surface area contributed by atoms with Crippen molar-refractivity contribution in [3.8, 4) is 0 Å². The van der Waals surface area contributed by atoms with Crippen molar-refractivity contribution in [3.63, 3.8) is 0 Å². The predicted octanol–water partition coefficient (Wildman–Crippen LogP) is 1.95. The highest BCUT2D eigenvalue weighted by Gasteiger charge is 2.26. The maximum Gasteiger partial charge on any atom is 0.260 e. The molecule has 1 aliphatic heterocycles. The molecule has 0 aliphatic carbocycles. The highest BCUT2D eigenvalue weighted by Crippen LogP contribution is 2.20. The molecule has 0 bridgehead atoms. The van der Waals surface area contributed by atoms with Crippen LogP contribution in [0.1, 0.15) is 21.6 Å². The average Bonchev–Trinajstić information content (AvgIpc) is 2.46. The van der Waals surface area contributed by atoms with Crippen molar-refractivity contribution < 1.29 is 13.6 Å². The largest absolute Gasteiger partial charge is 0.334 e. The molecule has 102 valence electrons. The van der Waals surface area contributed by atoms with E-state index in [0.717, 1.165) is 23.4 Å². The van der Waals surface area contributed by atoms with Crippen molar-refractivity contribution in [2.45, 2.75) is 13.0 Å². The summed E-state index contributed by atoms with van der Waals surface area (Å²) >= 11 is 0. The van der Waals surface area contributed by atoms with Crippen molar-refractivity contribution in [2.75, 3.05) is 6.54 Å². The Balaban J connectivity index is 1.90. The van der Waals surface area contributed by atoms with Crippen LogP contribution in [0.25, 0.3) is 0 Å². The molecule has 0 fully saturated rings. The summed E-state index contributed by atoms with van der Waals surface area (Å²) in [6.07, 6.45) is 3.63. The minimum atomic E-state index is -0.842. The van der Waals surface area contributed by atoms with Crippen LogP contribution in [-0.4, -0.2) is 27.3 Å². The fourth-order valence-corrected chi connectivity index (χ4v) is 2.30. The molecule has 4 nitrogen and oxygen atoms in total. The van der Waals surface area contributed by atoms with Crippen LogP contribution in [-0.2, 0) is 13.0 Å². The molecule has 3 rings (SSSR count). The van der Waals surface area contributed by atoms with Crippen molar-refractivity contribution in [2.24, 2.45) is 0 Å². The van der Waals surface area contributed by atoms with Gasteiger partial charge < -0.3 is 4.90 Å². The quantitative estimate of drug-likeness (QED) is 0.799. The third-order valence-electron chi connectivity index (χ3n) is 3.32. The number of aromatic nitrogens is 2. The van der Waals surface area contributed by atoms with Gasteiger partial charge in [0.15, 0.2) is 0 Å². The summed E-state index contributed by atoms with van der Waals surface area (Å²) < 4.78 is 27.3. The molecule has 1 amide bonds. The molecule has 2 aromatic rings. The number of benzene rings is 1. The lowest BCUT2D eigenvalue weighted by molar-refractivity contribution is 0.0723. The highest BCUT2D eigenvalue weighted by molar-refractivity contribution is 5.94. The van der Waals surface area contributed by atoms with Crippen LogP contribution >= 0.6 is 0 Å². The van der Waals surface area contributed by atoms with Gasteiger partial charge in [-0.05, 0) is 12.1 Å². The lowest BCUT2D eigenvalue weighted by atomic mass is 10.1. The zero-order chi connectivity index (χ0) is 14.1. The van der Waals surface area contributed by atoms with Crippen molar-refractivity contribution in [1.82, 2.24) is 14.9 Å². The van der Waals surface area contributed by atoms with E-state index in [-0.39, 0.29) is 6.54 Å². The van der Waals surface area contributed by atoms with Gasteiger partial charge >= 0.3 is 0 Å². The van der Waals surface area contributed by atoms with E-state index in [1.165, 1.54) is 17.3 Å². The molecule has 0 saturated heterocycles. The standard InChI is InChI=1S/C14H11F2N3O/c15-10-2-1-3-11(16)13(10)14(20)19-5-4-12-9(7-19)6-17-8-18-12/h1-3,6,8H,4-5,7H2. The molecule has 20 heavy (non-hydrogen) atoms. The third-order valence-corrected chi connectivity index (χ3v) is 3.32. The highest BCUT2D eigenvalue weighted by atomic mass is 19.1. The molecule has 1 aromatic carbocycles. The summed E-state index contributed by atoms with van der Waals surface area (Å²) in [5, 5.41) is 0. The van der Waals surface area contributed by atoms with Gasteiger partial charge in [-0.15, -0.1) is 0 Å². The first-order chi connectivity index (χ1) is 9.66. The Hall–Kier alpha value is -2.37. The Bertz CT molecular complexity index is 655. The molecular formula is C14H11F2N3O. The van der Waals surface area contributed by atoms with Gasteiger partial charge in [0.25, 0.3) is 5.91 Å². The maximum atomic E-state index is 13.6. The van der Waals surface area contributed by atoms with Crippen LogP contribution in [0.15, 0.2) is 30.7 Å². The lowest BCUT2D eigenvalue weighted by Crippen LogP contribution is -2.37. The third kappa shape index (κ3) is 2.13. The van der Waals surface area contributed by atoms with Gasteiger partial charge in [0.1, 0.15) is 23.5 Å². The molecule has 0 saturated carbocycles. The Morgan fingerprint density at radius 1 is 1.25 bits per heavy atom. The normalized spacial score (nSPS) is 14.0. The topological polar surface area (TPSA) is 46.1 Å². The number of amides is 1. The fraction of sp³-hybridized carbons (Fsp3) is 0.214. The maximum absolute atomic E-state index is 13.6. The van der Waals surface area contributed by atoms with Gasteiger partial charge in [0.05, 0.1) is 5.69 Å². The molecule has 0 N–H and O–H groups in total. The zero-order valence-electron chi connectivity index (χ0n) is 10.5. The monoisotopic (exact) mass is 275 g/mol. The first kappa shape index (κ1) is 12.7. The summed E-state index contributed by atoms with van der Waals surface area (Å²) in [6, 6.07) is 3.40. The molecular weight excluding hydrogens is 264 g/mol. The zero-order valence-corrected chi connectivity index (χ0v) is 10.5. The Morgan fingerprint density at radius 2 is 2.00 bits per heavy atom. The SMILES string of the molecule is O=C(c1c(F)cccc1F)N1CCc2ncncc2C1. The van der Waals surface area contributed by atoms with Gasteiger partial charge in [-0.3, -0.25) is 4.79 Å². The molecule has 0 atom stereocenters. The van der Waals surface area contributed by atoms with Gasteiger partial charge in [-0.25, -0.2) is 18.7 Å². The van der Waals surface area contributed by atoms with E-state index < -0.39 is 23.1 Å². The second-order valence-electron chi connectivity index (χ2n) is 4.57. The first-order valence-electron chi connectivity index (χ1n) is 6.18. The van der Waals surface area contributed by atoms with E-state index in [2.05, 4.69) is 9.97 Å². The number of nitrogens with zero attached hydrogens (tertiary/aromatic N) is 3. The van der Waals surface area contributed by atoms with E-state index >= 15 is 0 Å². The molecule has 0 radical (unpaired) electrons. The number of rotatable bonds is 1. The lowest BCUT2D eigenvalue weighted by Gasteiger charge is -2.28. The minimum absolute atomic E-state index is 0.267. The van der Waals surface area contributed by atoms with Crippen LogP contribution in [0.4, 0.5) is 8.78 Å². The number of fused-ring (bicyclic) bond motifs is 1. The van der Waals surface area contributed by atoms with Crippen LogP contribution in [0.2, 0.25) is 0 Å².